The molecule has 0 spiro atoms. The topological polar surface area (TPSA) is 29.1 Å². The number of anilines is 1. The molecule has 0 atom stereocenters. The first kappa shape index (κ1) is 14.6. The van der Waals surface area contributed by atoms with E-state index in [2.05, 4.69) is 37.2 Å². The summed E-state index contributed by atoms with van der Waals surface area (Å²) >= 11 is 12.7. The molecule has 0 aliphatic carbocycles. The molecule has 98 valence electrons. The third-order valence-electron chi connectivity index (χ3n) is 2.55. The van der Waals surface area contributed by atoms with Crippen molar-refractivity contribution in [2.45, 2.75) is 6.92 Å². The third kappa shape index (κ3) is 3.81. The monoisotopic (exact) mass is 401 g/mol. The van der Waals surface area contributed by atoms with Crippen LogP contribution in [0, 0.1) is 6.92 Å². The van der Waals surface area contributed by atoms with Gasteiger partial charge in [-0.2, -0.15) is 0 Å². The van der Waals surface area contributed by atoms with Crippen LogP contribution in [0.25, 0.3) is 0 Å². The summed E-state index contributed by atoms with van der Waals surface area (Å²) in [6, 6.07) is 10.8. The Morgan fingerprint density at radius 2 is 1.74 bits per heavy atom. The van der Waals surface area contributed by atoms with E-state index < -0.39 is 0 Å². The van der Waals surface area contributed by atoms with Crippen molar-refractivity contribution in [2.75, 3.05) is 5.32 Å². The van der Waals surface area contributed by atoms with E-state index in [0.29, 0.717) is 16.3 Å². The van der Waals surface area contributed by atoms with E-state index in [0.717, 1.165) is 14.5 Å². The molecule has 2 rings (SSSR count). The summed E-state index contributed by atoms with van der Waals surface area (Å²) in [7, 11) is 0. The molecule has 0 aromatic heterocycles. The summed E-state index contributed by atoms with van der Waals surface area (Å²) in [6.07, 6.45) is 0. The molecule has 0 fully saturated rings. The molecule has 0 unspecified atom stereocenters. The second-order valence-corrected chi connectivity index (χ2v) is 6.31. The number of benzene rings is 2. The molecule has 1 amide bonds. The Hall–Kier alpha value is -0.840. The Bertz CT molecular complexity index is 623. The van der Waals surface area contributed by atoms with Crippen LogP contribution in [0.3, 0.4) is 0 Å². The van der Waals surface area contributed by atoms with Gasteiger partial charge < -0.3 is 5.32 Å². The van der Waals surface area contributed by atoms with Crippen molar-refractivity contribution in [3.8, 4) is 0 Å². The van der Waals surface area contributed by atoms with E-state index in [1.807, 2.05) is 25.1 Å². The number of aryl methyl sites for hydroxylation is 1. The van der Waals surface area contributed by atoms with Gasteiger partial charge in [-0.3, -0.25) is 4.79 Å². The van der Waals surface area contributed by atoms with Crippen LogP contribution in [-0.4, -0.2) is 5.91 Å². The van der Waals surface area contributed by atoms with E-state index in [1.165, 1.54) is 0 Å². The van der Waals surface area contributed by atoms with Crippen molar-refractivity contribution >= 4 is 55.1 Å². The van der Waals surface area contributed by atoms with Gasteiger partial charge in [-0.1, -0.05) is 49.5 Å². The molecular formula is C14H10Br2ClNO. The number of hydrogen-bond donors (Lipinski definition) is 1. The van der Waals surface area contributed by atoms with E-state index >= 15 is 0 Å². The largest absolute Gasteiger partial charge is 0.322 e. The van der Waals surface area contributed by atoms with Crippen molar-refractivity contribution in [3.63, 3.8) is 0 Å². The zero-order valence-corrected chi connectivity index (χ0v) is 13.9. The van der Waals surface area contributed by atoms with Crippen LogP contribution in [0.4, 0.5) is 5.69 Å². The zero-order chi connectivity index (χ0) is 14.0. The van der Waals surface area contributed by atoms with E-state index in [4.69, 9.17) is 11.6 Å². The van der Waals surface area contributed by atoms with Crippen molar-refractivity contribution in [1.82, 2.24) is 0 Å². The molecule has 1 N–H and O–H groups in total. The van der Waals surface area contributed by atoms with Crippen LogP contribution in [0.5, 0.6) is 0 Å². The molecule has 5 heteroatoms. The fourth-order valence-electron chi connectivity index (χ4n) is 1.56. The smallest absolute Gasteiger partial charge is 0.255 e. The second kappa shape index (κ2) is 6.07. The summed E-state index contributed by atoms with van der Waals surface area (Å²) in [4.78, 5) is 12.1. The molecule has 0 bridgehead atoms. The Balaban J connectivity index is 2.22. The van der Waals surface area contributed by atoms with Gasteiger partial charge in [-0.15, -0.1) is 0 Å². The summed E-state index contributed by atoms with van der Waals surface area (Å²) in [6.45, 7) is 1.92. The molecule has 2 aromatic carbocycles. The number of nitrogens with one attached hydrogen (secondary N) is 1. The van der Waals surface area contributed by atoms with Crippen LogP contribution in [0.1, 0.15) is 15.9 Å². The van der Waals surface area contributed by atoms with Gasteiger partial charge in [0.1, 0.15) is 0 Å². The summed E-state index contributed by atoms with van der Waals surface area (Å²) in [5, 5.41) is 3.45. The normalized spacial score (nSPS) is 10.3. The van der Waals surface area contributed by atoms with Gasteiger partial charge in [0.15, 0.2) is 0 Å². The molecule has 2 aromatic rings. The first-order valence-corrected chi connectivity index (χ1v) is 7.46. The molecule has 0 saturated heterocycles. The Labute approximate surface area is 133 Å². The van der Waals surface area contributed by atoms with Gasteiger partial charge in [0.25, 0.3) is 5.91 Å². The minimum absolute atomic E-state index is 0.179. The lowest BCUT2D eigenvalue weighted by Gasteiger charge is -2.07. The molecule has 0 radical (unpaired) electrons. The summed E-state index contributed by atoms with van der Waals surface area (Å²) in [5.41, 5.74) is 2.22. The quantitative estimate of drug-likeness (QED) is 0.712. The highest BCUT2D eigenvalue weighted by atomic mass is 79.9. The maximum atomic E-state index is 12.1. The molecule has 19 heavy (non-hydrogen) atoms. The highest BCUT2D eigenvalue weighted by Crippen LogP contribution is 2.23. The predicted molar refractivity (Wildman–Crippen MR) is 86.0 cm³/mol. The minimum atomic E-state index is -0.179. The number of hydrogen-bond acceptors (Lipinski definition) is 1. The number of carbonyl (C=O) groups is 1. The molecule has 0 saturated carbocycles. The maximum Gasteiger partial charge on any atom is 0.255 e. The highest BCUT2D eigenvalue weighted by molar-refractivity contribution is 9.11. The Kier molecular flexibility index (Phi) is 4.66. The molecule has 2 nitrogen and oxygen atoms in total. The van der Waals surface area contributed by atoms with E-state index in [-0.39, 0.29) is 5.91 Å². The predicted octanol–water partition coefficient (Wildman–Crippen LogP) is 5.43. The van der Waals surface area contributed by atoms with Gasteiger partial charge in [-0.05, 0) is 42.8 Å². The van der Waals surface area contributed by atoms with Gasteiger partial charge >= 0.3 is 0 Å². The number of halogens is 3. The van der Waals surface area contributed by atoms with Crippen molar-refractivity contribution in [2.24, 2.45) is 0 Å². The van der Waals surface area contributed by atoms with Gasteiger partial charge in [0, 0.05) is 25.2 Å². The number of rotatable bonds is 2. The first-order chi connectivity index (χ1) is 8.95. The van der Waals surface area contributed by atoms with Crippen LogP contribution in [0.2, 0.25) is 5.02 Å². The SMILES string of the molecule is Cc1ccc(NC(=O)c2cc(Br)cc(Br)c2)cc1Cl. The van der Waals surface area contributed by atoms with Gasteiger partial charge in [0.05, 0.1) is 0 Å². The van der Waals surface area contributed by atoms with Crippen molar-refractivity contribution in [3.05, 3.63) is 61.5 Å². The fraction of sp³-hybridized carbons (Fsp3) is 0.0714. The first-order valence-electron chi connectivity index (χ1n) is 5.49. The zero-order valence-electron chi connectivity index (χ0n) is 10.0. The second-order valence-electron chi connectivity index (χ2n) is 4.08. The van der Waals surface area contributed by atoms with Crippen molar-refractivity contribution in [1.29, 1.82) is 0 Å². The lowest BCUT2D eigenvalue weighted by Crippen LogP contribution is -2.11. The molecule has 0 aliphatic heterocycles. The summed E-state index contributed by atoms with van der Waals surface area (Å²) < 4.78 is 1.68. The van der Waals surface area contributed by atoms with Crippen LogP contribution >= 0.6 is 43.5 Å². The van der Waals surface area contributed by atoms with Crippen molar-refractivity contribution < 1.29 is 4.79 Å². The summed E-state index contributed by atoms with van der Waals surface area (Å²) in [5.74, 6) is -0.179. The number of carbonyl (C=O) groups excluding carboxylic acids is 1. The average Bonchev–Trinajstić information content (AvgIpc) is 2.32. The molecule has 0 aliphatic rings. The molecular weight excluding hydrogens is 393 g/mol. The Morgan fingerprint density at radius 1 is 1.11 bits per heavy atom. The highest BCUT2D eigenvalue weighted by Gasteiger charge is 2.08. The average molecular weight is 404 g/mol. The number of amides is 1. The van der Waals surface area contributed by atoms with Crippen LogP contribution in [0.15, 0.2) is 45.3 Å². The lowest BCUT2D eigenvalue weighted by atomic mass is 10.2. The Morgan fingerprint density at radius 3 is 2.32 bits per heavy atom. The van der Waals surface area contributed by atoms with Gasteiger partial charge in [0.2, 0.25) is 0 Å². The van der Waals surface area contributed by atoms with E-state index in [1.54, 1.807) is 18.2 Å². The standard InChI is InChI=1S/C14H10Br2ClNO/c1-8-2-3-12(7-13(8)17)18-14(19)9-4-10(15)6-11(16)5-9/h2-7H,1H3,(H,18,19). The lowest BCUT2D eigenvalue weighted by molar-refractivity contribution is 0.102. The van der Waals surface area contributed by atoms with E-state index in [9.17, 15) is 4.79 Å². The minimum Gasteiger partial charge on any atom is -0.322 e. The van der Waals surface area contributed by atoms with Crippen LogP contribution < -0.4 is 5.32 Å². The molecule has 0 heterocycles. The third-order valence-corrected chi connectivity index (χ3v) is 3.88. The fourth-order valence-corrected chi connectivity index (χ4v) is 3.03. The van der Waals surface area contributed by atoms with Gasteiger partial charge in [-0.25, -0.2) is 0 Å². The maximum absolute atomic E-state index is 12.1. The van der Waals surface area contributed by atoms with Crippen LogP contribution in [-0.2, 0) is 0 Å².